The van der Waals surface area contributed by atoms with Crippen LogP contribution in [-0.2, 0) is 18.3 Å². The third-order valence-electron chi connectivity index (χ3n) is 4.54. The number of amides is 1. The smallest absolute Gasteiger partial charge is 0.362 e. The van der Waals surface area contributed by atoms with Crippen LogP contribution in [0.1, 0.15) is 48.4 Å². The molecule has 1 aromatic heterocycles. The fourth-order valence-corrected chi connectivity index (χ4v) is 5.44. The minimum Gasteiger partial charge on any atom is -0.465 e. The third kappa shape index (κ3) is 5.66. The number of hydrogen-bond acceptors (Lipinski definition) is 7. The minimum atomic E-state index is -3.99. The molecule has 0 aliphatic rings. The zero-order valence-corrected chi connectivity index (χ0v) is 20.1. The Morgan fingerprint density at radius 1 is 0.970 bits per heavy atom. The van der Waals surface area contributed by atoms with Crippen LogP contribution < -0.4 is 10.6 Å². The summed E-state index contributed by atoms with van der Waals surface area (Å²) < 4.78 is 30.1. The van der Waals surface area contributed by atoms with Gasteiger partial charge in [0.1, 0.15) is 0 Å². The molecule has 9 heteroatoms. The summed E-state index contributed by atoms with van der Waals surface area (Å²) in [5.74, 6) is -1.18. The molecular weight excluding hydrogens is 443 g/mol. The van der Waals surface area contributed by atoms with Crippen LogP contribution in [0.4, 0.5) is 5.69 Å². The number of benzene rings is 2. The number of carbonyl (C=O) groups is 2. The van der Waals surface area contributed by atoms with Gasteiger partial charge in [-0.1, -0.05) is 18.2 Å². The molecule has 0 unspecified atom stereocenters. The maximum atomic E-state index is 13.9. The average molecular weight is 470 g/mol. The van der Waals surface area contributed by atoms with Gasteiger partial charge < -0.3 is 19.1 Å². The van der Waals surface area contributed by atoms with Gasteiger partial charge in [0.25, 0.3) is 5.91 Å². The molecule has 1 N–H and O–H groups in total. The number of nitrogens with zero attached hydrogens (tertiary/aromatic N) is 1. The van der Waals surface area contributed by atoms with Crippen molar-refractivity contribution in [2.45, 2.75) is 39.9 Å². The van der Waals surface area contributed by atoms with Crippen molar-refractivity contribution in [2.24, 2.45) is 0 Å². The predicted octanol–water partition coefficient (Wildman–Crippen LogP) is 4.94. The van der Waals surface area contributed by atoms with Gasteiger partial charge in [0.2, 0.25) is 0 Å². The molecule has 0 aliphatic carbocycles. The minimum absolute atomic E-state index is 0.0153. The summed E-state index contributed by atoms with van der Waals surface area (Å²) in [6.07, 6.45) is 0.708. The van der Waals surface area contributed by atoms with E-state index in [4.69, 9.17) is 13.8 Å². The van der Waals surface area contributed by atoms with Crippen LogP contribution in [0.15, 0.2) is 54.7 Å². The molecular formula is C24H27N2O6P. The number of fused-ring (bicyclic) bond motifs is 1. The number of hydrogen-bond donors (Lipinski definition) is 1. The van der Waals surface area contributed by atoms with Gasteiger partial charge in [-0.05, 0) is 58.0 Å². The van der Waals surface area contributed by atoms with Crippen molar-refractivity contribution in [3.63, 3.8) is 0 Å². The summed E-state index contributed by atoms with van der Waals surface area (Å²) in [6, 6.07) is 13.3. The van der Waals surface area contributed by atoms with Gasteiger partial charge in [-0.15, -0.1) is 0 Å². The monoisotopic (exact) mass is 470 g/mol. The Morgan fingerprint density at radius 2 is 1.64 bits per heavy atom. The van der Waals surface area contributed by atoms with Crippen molar-refractivity contribution in [3.8, 4) is 0 Å². The number of para-hydroxylation sites is 1. The first-order chi connectivity index (χ1) is 15.6. The Hall–Kier alpha value is -3.06. The Bertz CT molecular complexity index is 1210. The molecule has 0 saturated carbocycles. The molecule has 33 heavy (non-hydrogen) atoms. The van der Waals surface area contributed by atoms with Crippen LogP contribution in [0.2, 0.25) is 0 Å². The maximum absolute atomic E-state index is 13.9. The third-order valence-corrected chi connectivity index (χ3v) is 6.90. The van der Waals surface area contributed by atoms with Crippen molar-refractivity contribution in [1.29, 1.82) is 0 Å². The maximum Gasteiger partial charge on any atom is 0.362 e. The highest BCUT2D eigenvalue weighted by Crippen LogP contribution is 2.50. The highest BCUT2D eigenvalue weighted by molar-refractivity contribution is 7.62. The molecule has 0 spiro atoms. The lowest BCUT2D eigenvalue weighted by Crippen LogP contribution is -2.26. The lowest BCUT2D eigenvalue weighted by molar-refractivity contribution is 0.0600. The van der Waals surface area contributed by atoms with Gasteiger partial charge in [0.15, 0.2) is 0 Å². The van der Waals surface area contributed by atoms with E-state index in [9.17, 15) is 14.2 Å². The van der Waals surface area contributed by atoms with E-state index in [0.29, 0.717) is 11.2 Å². The molecule has 3 rings (SSSR count). The van der Waals surface area contributed by atoms with E-state index in [1.54, 1.807) is 52.1 Å². The number of methoxy groups -OCH3 is 1. The first-order valence-electron chi connectivity index (χ1n) is 10.5. The topological polar surface area (TPSA) is 104 Å². The highest BCUT2D eigenvalue weighted by Gasteiger charge is 2.35. The van der Waals surface area contributed by atoms with Crippen molar-refractivity contribution >= 4 is 41.4 Å². The van der Waals surface area contributed by atoms with Gasteiger partial charge in [-0.3, -0.25) is 14.3 Å². The lowest BCUT2D eigenvalue weighted by Gasteiger charge is -2.25. The summed E-state index contributed by atoms with van der Waals surface area (Å²) >= 11 is 0. The number of rotatable bonds is 8. The van der Waals surface area contributed by atoms with Crippen LogP contribution in [0.3, 0.4) is 0 Å². The molecule has 1 heterocycles. The van der Waals surface area contributed by atoms with E-state index in [2.05, 4.69) is 10.3 Å². The molecule has 0 atom stereocenters. The molecule has 0 aliphatic heterocycles. The molecule has 174 valence electrons. The standard InChI is InChI=1S/C24H27N2O6P/c1-15(2)31-33(29,32-16(3)4)21-14-18(24(28)30-5)11-12-19(21)23(27)26-20-10-6-8-17-9-7-13-25-22(17)20/h6-16H,1-5H3,(H,26,27). The molecule has 0 fully saturated rings. The molecule has 0 saturated heterocycles. The van der Waals surface area contributed by atoms with Crippen LogP contribution in [-0.4, -0.2) is 36.2 Å². The number of nitrogens with one attached hydrogen (secondary N) is 1. The predicted molar refractivity (Wildman–Crippen MR) is 127 cm³/mol. The number of pyridine rings is 1. The summed E-state index contributed by atoms with van der Waals surface area (Å²) in [7, 11) is -2.75. The summed E-state index contributed by atoms with van der Waals surface area (Å²) in [4.78, 5) is 29.9. The van der Waals surface area contributed by atoms with E-state index < -0.39 is 31.7 Å². The normalized spacial score (nSPS) is 11.7. The van der Waals surface area contributed by atoms with Crippen molar-refractivity contribution in [3.05, 3.63) is 65.9 Å². The molecule has 8 nitrogen and oxygen atoms in total. The molecule has 0 radical (unpaired) electrons. The quantitative estimate of drug-likeness (QED) is 0.367. The number of anilines is 1. The second-order valence-electron chi connectivity index (χ2n) is 7.86. The van der Waals surface area contributed by atoms with Gasteiger partial charge in [0.05, 0.1) is 47.0 Å². The first kappa shape index (κ1) is 24.6. The zero-order chi connectivity index (χ0) is 24.2. The zero-order valence-electron chi connectivity index (χ0n) is 19.2. The highest BCUT2D eigenvalue weighted by atomic mass is 31.2. The fourth-order valence-electron chi connectivity index (χ4n) is 3.28. The van der Waals surface area contributed by atoms with Crippen molar-refractivity contribution < 1.29 is 27.9 Å². The molecule has 1 amide bonds. The van der Waals surface area contributed by atoms with E-state index in [1.165, 1.54) is 25.3 Å². The average Bonchev–Trinajstić information content (AvgIpc) is 2.77. The van der Waals surface area contributed by atoms with Crippen LogP contribution in [0.25, 0.3) is 10.9 Å². The summed E-state index contributed by atoms with van der Waals surface area (Å²) in [5, 5.41) is 3.67. The second kappa shape index (κ2) is 10.3. The SMILES string of the molecule is COC(=O)c1ccc(C(=O)Nc2cccc3cccnc23)c(P(=O)(OC(C)C)OC(C)C)c1. The van der Waals surface area contributed by atoms with E-state index in [-0.39, 0.29) is 16.4 Å². The van der Waals surface area contributed by atoms with Gasteiger partial charge in [-0.25, -0.2) is 4.79 Å². The van der Waals surface area contributed by atoms with Gasteiger partial charge >= 0.3 is 13.6 Å². The molecule has 3 aromatic rings. The Kier molecular flexibility index (Phi) is 7.64. The summed E-state index contributed by atoms with van der Waals surface area (Å²) in [6.45, 7) is 6.84. The lowest BCUT2D eigenvalue weighted by atomic mass is 10.1. The van der Waals surface area contributed by atoms with E-state index >= 15 is 0 Å². The fraction of sp³-hybridized carbons (Fsp3) is 0.292. The molecule has 0 bridgehead atoms. The number of esters is 1. The number of ether oxygens (including phenoxy) is 1. The number of aromatic nitrogens is 1. The van der Waals surface area contributed by atoms with Crippen molar-refractivity contribution in [1.82, 2.24) is 4.98 Å². The van der Waals surface area contributed by atoms with E-state index in [1.807, 2.05) is 12.1 Å². The Balaban J connectivity index is 2.12. The Morgan fingerprint density at radius 3 is 2.27 bits per heavy atom. The Labute approximate surface area is 192 Å². The number of carbonyl (C=O) groups excluding carboxylic acids is 2. The second-order valence-corrected chi connectivity index (χ2v) is 9.76. The van der Waals surface area contributed by atoms with Gasteiger partial charge in [0, 0.05) is 11.6 Å². The van der Waals surface area contributed by atoms with Gasteiger partial charge in [-0.2, -0.15) is 0 Å². The molecule has 2 aromatic carbocycles. The largest absolute Gasteiger partial charge is 0.465 e. The summed E-state index contributed by atoms with van der Waals surface area (Å²) in [5.41, 5.74) is 1.28. The van der Waals surface area contributed by atoms with Crippen LogP contribution in [0.5, 0.6) is 0 Å². The van der Waals surface area contributed by atoms with Crippen molar-refractivity contribution in [2.75, 3.05) is 12.4 Å². The van der Waals surface area contributed by atoms with Crippen LogP contribution >= 0.6 is 7.60 Å². The van der Waals surface area contributed by atoms with E-state index in [0.717, 1.165) is 5.39 Å². The van der Waals surface area contributed by atoms with Crippen LogP contribution in [0, 0.1) is 0 Å². The first-order valence-corrected chi connectivity index (χ1v) is 12.0.